The number of thiophene rings is 1. The molecule has 0 spiro atoms. The van der Waals surface area contributed by atoms with Gasteiger partial charge >= 0.3 is 5.97 Å². The Morgan fingerprint density at radius 3 is 2.85 bits per heavy atom. The van der Waals surface area contributed by atoms with Gasteiger partial charge in [0.25, 0.3) is 5.91 Å². The van der Waals surface area contributed by atoms with Gasteiger partial charge in [0, 0.05) is 21.4 Å². The summed E-state index contributed by atoms with van der Waals surface area (Å²) in [7, 11) is 0. The molecule has 0 aliphatic rings. The van der Waals surface area contributed by atoms with E-state index in [0.29, 0.717) is 12.3 Å². The van der Waals surface area contributed by atoms with E-state index in [1.54, 1.807) is 13.0 Å². The lowest BCUT2D eigenvalue weighted by molar-refractivity contribution is -0.131. The minimum Gasteiger partial charge on any atom is -0.478 e. The van der Waals surface area contributed by atoms with Gasteiger partial charge in [-0.25, -0.2) is 4.79 Å². The molecule has 0 aromatic carbocycles. The van der Waals surface area contributed by atoms with Crippen LogP contribution in [0.1, 0.15) is 25.9 Å². The van der Waals surface area contributed by atoms with E-state index in [4.69, 9.17) is 9.52 Å². The van der Waals surface area contributed by atoms with Crippen molar-refractivity contribution in [1.29, 1.82) is 0 Å². The predicted octanol–water partition coefficient (Wildman–Crippen LogP) is 2.68. The van der Waals surface area contributed by atoms with Gasteiger partial charge in [0.1, 0.15) is 0 Å². The molecule has 1 amide bonds. The van der Waals surface area contributed by atoms with Crippen molar-refractivity contribution in [3.05, 3.63) is 51.6 Å². The Labute approximate surface area is 119 Å². The number of carbonyl (C=O) groups is 2. The van der Waals surface area contributed by atoms with Crippen LogP contribution in [0.15, 0.2) is 35.0 Å². The molecule has 0 saturated heterocycles. The van der Waals surface area contributed by atoms with Gasteiger partial charge in [-0.1, -0.05) is 0 Å². The number of amides is 1. The van der Waals surface area contributed by atoms with Gasteiger partial charge in [0.2, 0.25) is 0 Å². The number of nitrogens with one attached hydrogen (secondary N) is 1. The Kier molecular flexibility index (Phi) is 4.37. The van der Waals surface area contributed by atoms with Crippen LogP contribution in [0.4, 0.5) is 0 Å². The first-order chi connectivity index (χ1) is 9.56. The van der Waals surface area contributed by atoms with Crippen molar-refractivity contribution in [3.63, 3.8) is 0 Å². The molecule has 0 saturated carbocycles. The second-order valence-corrected chi connectivity index (χ2v) is 5.29. The number of carbonyl (C=O) groups excluding carboxylic acids is 1. The maximum atomic E-state index is 11.8. The van der Waals surface area contributed by atoms with Crippen LogP contribution in [-0.2, 0) is 11.3 Å². The van der Waals surface area contributed by atoms with Crippen LogP contribution >= 0.6 is 11.3 Å². The topological polar surface area (TPSA) is 79.5 Å². The van der Waals surface area contributed by atoms with E-state index in [2.05, 4.69) is 5.32 Å². The summed E-state index contributed by atoms with van der Waals surface area (Å²) in [6.45, 7) is 2.18. The standard InChI is InChI=1S/C14H13NO4S/c1-9-6-7-19-13(9)14(18)15-8-11-3-2-10(20-11)4-5-12(16)17/h2-7H,8H2,1H3,(H,15,18)(H,16,17). The second kappa shape index (κ2) is 6.21. The number of hydrogen-bond donors (Lipinski definition) is 2. The number of aryl methyl sites for hydroxylation is 1. The minimum absolute atomic E-state index is 0.261. The van der Waals surface area contributed by atoms with Gasteiger partial charge in [-0.3, -0.25) is 4.79 Å². The molecule has 0 fully saturated rings. The van der Waals surface area contributed by atoms with E-state index >= 15 is 0 Å². The van der Waals surface area contributed by atoms with Crippen LogP contribution in [0.2, 0.25) is 0 Å². The number of aliphatic carboxylic acids is 1. The summed E-state index contributed by atoms with van der Waals surface area (Å²) in [6.07, 6.45) is 4.08. The van der Waals surface area contributed by atoms with E-state index in [0.717, 1.165) is 21.4 Å². The van der Waals surface area contributed by atoms with Gasteiger partial charge < -0.3 is 14.8 Å². The Morgan fingerprint density at radius 1 is 1.40 bits per heavy atom. The fourth-order valence-electron chi connectivity index (χ4n) is 1.59. The molecule has 6 heteroatoms. The maximum absolute atomic E-state index is 11.8. The lowest BCUT2D eigenvalue weighted by Crippen LogP contribution is -2.22. The molecular weight excluding hydrogens is 278 g/mol. The summed E-state index contributed by atoms with van der Waals surface area (Å²) >= 11 is 1.42. The Balaban J connectivity index is 1.93. The van der Waals surface area contributed by atoms with Crippen molar-refractivity contribution in [2.45, 2.75) is 13.5 Å². The Hall–Kier alpha value is -2.34. The Bertz CT molecular complexity index is 654. The second-order valence-electron chi connectivity index (χ2n) is 4.09. The number of rotatable bonds is 5. The highest BCUT2D eigenvalue weighted by molar-refractivity contribution is 7.12. The largest absolute Gasteiger partial charge is 0.478 e. The summed E-state index contributed by atoms with van der Waals surface area (Å²) in [5.74, 6) is -0.933. The molecule has 2 N–H and O–H groups in total. The van der Waals surface area contributed by atoms with Crippen molar-refractivity contribution < 1.29 is 19.1 Å². The summed E-state index contributed by atoms with van der Waals surface area (Å²) in [6, 6.07) is 5.39. The quantitative estimate of drug-likeness (QED) is 0.830. The Morgan fingerprint density at radius 2 is 2.20 bits per heavy atom. The third-order valence-corrected chi connectivity index (χ3v) is 3.61. The van der Waals surface area contributed by atoms with Crippen molar-refractivity contribution >= 4 is 29.3 Å². The highest BCUT2D eigenvalue weighted by Gasteiger charge is 2.12. The third-order valence-electron chi connectivity index (χ3n) is 2.56. The van der Waals surface area contributed by atoms with E-state index < -0.39 is 5.97 Å². The van der Waals surface area contributed by atoms with Crippen LogP contribution in [-0.4, -0.2) is 17.0 Å². The number of carboxylic acid groups (broad SMARTS) is 1. The first-order valence-electron chi connectivity index (χ1n) is 5.88. The van der Waals surface area contributed by atoms with Crippen molar-refractivity contribution in [1.82, 2.24) is 5.32 Å². The molecule has 0 bridgehead atoms. The molecular formula is C14H13NO4S. The lowest BCUT2D eigenvalue weighted by Gasteiger charge is -2.01. The minimum atomic E-state index is -0.985. The van der Waals surface area contributed by atoms with Gasteiger partial charge in [0.15, 0.2) is 5.76 Å². The zero-order valence-electron chi connectivity index (χ0n) is 10.8. The smallest absolute Gasteiger partial charge is 0.328 e. The molecule has 2 aromatic heterocycles. The number of hydrogen-bond acceptors (Lipinski definition) is 4. The zero-order valence-corrected chi connectivity index (χ0v) is 11.6. The van der Waals surface area contributed by atoms with Crippen molar-refractivity contribution in [2.75, 3.05) is 0 Å². The molecule has 5 nitrogen and oxygen atoms in total. The summed E-state index contributed by atoms with van der Waals surface area (Å²) in [5, 5.41) is 11.3. The van der Waals surface area contributed by atoms with Gasteiger partial charge in [-0.2, -0.15) is 0 Å². The monoisotopic (exact) mass is 291 g/mol. The highest BCUT2D eigenvalue weighted by atomic mass is 32.1. The molecule has 0 unspecified atom stereocenters. The molecule has 2 rings (SSSR count). The van der Waals surface area contributed by atoms with Crippen LogP contribution in [0.25, 0.3) is 6.08 Å². The number of carboxylic acids is 1. The van der Waals surface area contributed by atoms with Gasteiger partial charge in [-0.05, 0) is 31.2 Å². The molecule has 104 valence electrons. The summed E-state index contributed by atoms with van der Waals surface area (Å²) < 4.78 is 5.10. The van der Waals surface area contributed by atoms with Crippen LogP contribution in [0.5, 0.6) is 0 Å². The molecule has 2 heterocycles. The van der Waals surface area contributed by atoms with Crippen LogP contribution in [0.3, 0.4) is 0 Å². The van der Waals surface area contributed by atoms with Crippen molar-refractivity contribution in [3.8, 4) is 0 Å². The van der Waals surface area contributed by atoms with Gasteiger partial charge in [0.05, 0.1) is 12.8 Å². The van der Waals surface area contributed by atoms with Crippen LogP contribution < -0.4 is 5.32 Å². The average molecular weight is 291 g/mol. The highest BCUT2D eigenvalue weighted by Crippen LogP contribution is 2.18. The van der Waals surface area contributed by atoms with E-state index in [-0.39, 0.29) is 5.91 Å². The summed E-state index contributed by atoms with van der Waals surface area (Å²) in [4.78, 5) is 24.0. The van der Waals surface area contributed by atoms with E-state index in [9.17, 15) is 9.59 Å². The van der Waals surface area contributed by atoms with E-state index in [1.807, 2.05) is 12.1 Å². The van der Waals surface area contributed by atoms with Crippen LogP contribution in [0, 0.1) is 6.92 Å². The molecule has 0 aliphatic carbocycles. The number of furan rings is 1. The molecule has 20 heavy (non-hydrogen) atoms. The SMILES string of the molecule is Cc1ccoc1C(=O)NCc1ccc(C=CC(=O)O)s1. The first-order valence-corrected chi connectivity index (χ1v) is 6.70. The predicted molar refractivity (Wildman–Crippen MR) is 75.6 cm³/mol. The van der Waals surface area contributed by atoms with Crippen molar-refractivity contribution in [2.24, 2.45) is 0 Å². The molecule has 2 aromatic rings. The fourth-order valence-corrected chi connectivity index (χ4v) is 2.44. The maximum Gasteiger partial charge on any atom is 0.328 e. The molecule has 0 atom stereocenters. The average Bonchev–Trinajstić information content (AvgIpc) is 3.02. The molecule has 0 aliphatic heterocycles. The molecule has 0 radical (unpaired) electrons. The van der Waals surface area contributed by atoms with E-state index in [1.165, 1.54) is 23.7 Å². The van der Waals surface area contributed by atoms with Gasteiger partial charge in [-0.15, -0.1) is 11.3 Å². The fraction of sp³-hybridized carbons (Fsp3) is 0.143. The lowest BCUT2D eigenvalue weighted by atomic mass is 10.2. The summed E-state index contributed by atoms with van der Waals surface area (Å²) in [5.41, 5.74) is 0.791. The first kappa shape index (κ1) is 14.1. The zero-order chi connectivity index (χ0) is 14.5. The normalized spacial score (nSPS) is 10.8. The third kappa shape index (κ3) is 3.58.